The zero-order valence-corrected chi connectivity index (χ0v) is 10.9. The van der Waals surface area contributed by atoms with Crippen LogP contribution in [0.5, 0.6) is 0 Å². The molecule has 3 heteroatoms. The zero-order chi connectivity index (χ0) is 12.1. The van der Waals surface area contributed by atoms with Crippen LogP contribution in [-0.2, 0) is 6.42 Å². The summed E-state index contributed by atoms with van der Waals surface area (Å²) in [6.45, 7) is 0. The van der Waals surface area contributed by atoms with Gasteiger partial charge in [-0.25, -0.2) is 4.98 Å². The number of allylic oxidation sites excluding steroid dienone is 1. The van der Waals surface area contributed by atoms with E-state index in [4.69, 9.17) is 0 Å². The highest BCUT2D eigenvalue weighted by molar-refractivity contribution is 7.09. The molecular formula is C14H16N2S. The van der Waals surface area contributed by atoms with Gasteiger partial charge in [-0.15, -0.1) is 11.3 Å². The van der Waals surface area contributed by atoms with E-state index in [9.17, 15) is 0 Å². The molecular weight excluding hydrogens is 228 g/mol. The van der Waals surface area contributed by atoms with Crippen LogP contribution < -0.4 is 4.90 Å². The molecule has 0 N–H and O–H groups in total. The Hall–Kier alpha value is -1.61. The lowest BCUT2D eigenvalue weighted by Gasteiger charge is -2.11. The molecule has 1 aromatic carbocycles. The van der Waals surface area contributed by atoms with Gasteiger partial charge in [0.1, 0.15) is 0 Å². The molecule has 0 saturated heterocycles. The van der Waals surface area contributed by atoms with E-state index >= 15 is 0 Å². The first-order valence-electron chi connectivity index (χ1n) is 5.58. The van der Waals surface area contributed by atoms with E-state index in [0.717, 1.165) is 11.4 Å². The molecule has 88 valence electrons. The highest BCUT2D eigenvalue weighted by Crippen LogP contribution is 2.13. The number of aromatic nitrogens is 1. The Morgan fingerprint density at radius 1 is 1.24 bits per heavy atom. The largest absolute Gasteiger partial charge is 0.378 e. The monoisotopic (exact) mass is 244 g/mol. The molecule has 2 rings (SSSR count). The van der Waals surface area contributed by atoms with Crippen LogP contribution in [0.1, 0.15) is 10.6 Å². The minimum Gasteiger partial charge on any atom is -0.378 e. The second kappa shape index (κ2) is 5.64. The van der Waals surface area contributed by atoms with Crippen molar-refractivity contribution in [1.82, 2.24) is 4.98 Å². The third-order valence-electron chi connectivity index (χ3n) is 2.50. The fourth-order valence-corrected chi connectivity index (χ4v) is 2.13. The average molecular weight is 244 g/mol. The SMILES string of the molecule is CN(C)c1ccc(C=CCc2nccs2)cc1. The first-order valence-corrected chi connectivity index (χ1v) is 6.46. The third kappa shape index (κ3) is 3.43. The van der Waals surface area contributed by atoms with Crippen LogP contribution in [0.15, 0.2) is 41.9 Å². The number of rotatable bonds is 4. The number of benzene rings is 1. The van der Waals surface area contributed by atoms with Crippen molar-refractivity contribution in [2.45, 2.75) is 6.42 Å². The number of nitrogens with zero attached hydrogens (tertiary/aromatic N) is 2. The normalized spacial score (nSPS) is 10.9. The van der Waals surface area contributed by atoms with Crippen LogP contribution >= 0.6 is 11.3 Å². The van der Waals surface area contributed by atoms with Gasteiger partial charge in [-0.2, -0.15) is 0 Å². The van der Waals surface area contributed by atoms with Crippen molar-refractivity contribution >= 4 is 23.1 Å². The molecule has 2 aromatic rings. The van der Waals surface area contributed by atoms with Crippen LogP contribution in [-0.4, -0.2) is 19.1 Å². The maximum absolute atomic E-state index is 4.25. The van der Waals surface area contributed by atoms with E-state index in [2.05, 4.69) is 46.3 Å². The Labute approximate surface area is 106 Å². The standard InChI is InChI=1S/C14H16N2S/c1-16(2)13-8-6-12(7-9-13)4-3-5-14-15-10-11-17-14/h3-4,6-11H,5H2,1-2H3. The average Bonchev–Trinajstić information content (AvgIpc) is 2.83. The van der Waals surface area contributed by atoms with Gasteiger partial charge in [0.2, 0.25) is 0 Å². The maximum Gasteiger partial charge on any atom is 0.0962 e. The van der Waals surface area contributed by atoms with Crippen molar-refractivity contribution in [3.8, 4) is 0 Å². The molecule has 0 aliphatic carbocycles. The van der Waals surface area contributed by atoms with E-state index in [1.165, 1.54) is 11.3 Å². The summed E-state index contributed by atoms with van der Waals surface area (Å²) in [7, 11) is 4.10. The van der Waals surface area contributed by atoms with E-state index in [1.54, 1.807) is 11.3 Å². The Morgan fingerprint density at radius 2 is 2.00 bits per heavy atom. The summed E-state index contributed by atoms with van der Waals surface area (Å²) in [5.41, 5.74) is 2.45. The van der Waals surface area contributed by atoms with Crippen LogP contribution in [0.3, 0.4) is 0 Å². The lowest BCUT2D eigenvalue weighted by molar-refractivity contribution is 1.13. The fraction of sp³-hybridized carbons (Fsp3) is 0.214. The molecule has 0 radical (unpaired) electrons. The number of anilines is 1. The number of thiazole rings is 1. The molecule has 0 atom stereocenters. The van der Waals surface area contributed by atoms with Crippen molar-refractivity contribution < 1.29 is 0 Å². The van der Waals surface area contributed by atoms with Gasteiger partial charge >= 0.3 is 0 Å². The summed E-state index contributed by atoms with van der Waals surface area (Å²) in [4.78, 5) is 6.35. The van der Waals surface area contributed by atoms with Gasteiger partial charge in [0.25, 0.3) is 0 Å². The molecule has 0 amide bonds. The first kappa shape index (κ1) is 11.9. The highest BCUT2D eigenvalue weighted by Gasteiger charge is 1.94. The van der Waals surface area contributed by atoms with Crippen LogP contribution in [0, 0.1) is 0 Å². The highest BCUT2D eigenvalue weighted by atomic mass is 32.1. The van der Waals surface area contributed by atoms with Gasteiger partial charge < -0.3 is 4.90 Å². The van der Waals surface area contributed by atoms with Crippen LogP contribution in [0.4, 0.5) is 5.69 Å². The van der Waals surface area contributed by atoms with Crippen molar-refractivity contribution in [2.75, 3.05) is 19.0 Å². The predicted molar refractivity (Wildman–Crippen MR) is 75.6 cm³/mol. The molecule has 0 aliphatic rings. The topological polar surface area (TPSA) is 16.1 Å². The van der Waals surface area contributed by atoms with Gasteiger partial charge in [-0.3, -0.25) is 0 Å². The quantitative estimate of drug-likeness (QED) is 0.818. The molecule has 0 spiro atoms. The van der Waals surface area contributed by atoms with Gasteiger partial charge in [-0.05, 0) is 17.7 Å². The molecule has 17 heavy (non-hydrogen) atoms. The Balaban J connectivity index is 1.96. The Bertz CT molecular complexity index is 469. The number of hydrogen-bond acceptors (Lipinski definition) is 3. The van der Waals surface area contributed by atoms with Crippen molar-refractivity contribution in [3.05, 3.63) is 52.5 Å². The van der Waals surface area contributed by atoms with Gasteiger partial charge in [-0.1, -0.05) is 24.3 Å². The summed E-state index contributed by atoms with van der Waals surface area (Å²) in [6.07, 6.45) is 7.05. The minimum absolute atomic E-state index is 0.910. The van der Waals surface area contributed by atoms with Gasteiger partial charge in [0.05, 0.1) is 5.01 Å². The summed E-state index contributed by atoms with van der Waals surface area (Å²) in [5.74, 6) is 0. The molecule has 0 aliphatic heterocycles. The second-order valence-corrected chi connectivity index (χ2v) is 5.00. The van der Waals surface area contributed by atoms with E-state index in [1.807, 2.05) is 25.7 Å². The van der Waals surface area contributed by atoms with Crippen LogP contribution in [0.2, 0.25) is 0 Å². The van der Waals surface area contributed by atoms with E-state index in [-0.39, 0.29) is 0 Å². The first-order chi connectivity index (χ1) is 8.25. The van der Waals surface area contributed by atoms with Gasteiger partial charge in [0, 0.05) is 37.8 Å². The summed E-state index contributed by atoms with van der Waals surface area (Å²) in [6, 6.07) is 8.52. The van der Waals surface area contributed by atoms with Crippen molar-refractivity contribution in [3.63, 3.8) is 0 Å². The molecule has 0 bridgehead atoms. The molecule has 0 unspecified atom stereocenters. The summed E-state index contributed by atoms with van der Waals surface area (Å²) >= 11 is 1.70. The fourth-order valence-electron chi connectivity index (χ4n) is 1.53. The van der Waals surface area contributed by atoms with E-state index in [0.29, 0.717) is 0 Å². The molecule has 2 nitrogen and oxygen atoms in total. The summed E-state index contributed by atoms with van der Waals surface area (Å²) < 4.78 is 0. The molecule has 0 saturated carbocycles. The third-order valence-corrected chi connectivity index (χ3v) is 3.30. The maximum atomic E-state index is 4.25. The Morgan fingerprint density at radius 3 is 2.59 bits per heavy atom. The predicted octanol–water partition coefficient (Wildman–Crippen LogP) is 3.47. The Kier molecular flexibility index (Phi) is 3.94. The molecule has 1 aromatic heterocycles. The lowest BCUT2D eigenvalue weighted by atomic mass is 10.2. The second-order valence-electron chi connectivity index (χ2n) is 4.02. The van der Waals surface area contributed by atoms with Crippen molar-refractivity contribution in [1.29, 1.82) is 0 Å². The van der Waals surface area contributed by atoms with Crippen molar-refractivity contribution in [2.24, 2.45) is 0 Å². The summed E-state index contributed by atoms with van der Waals surface area (Å²) in [5, 5.41) is 3.17. The smallest absolute Gasteiger partial charge is 0.0962 e. The lowest BCUT2D eigenvalue weighted by Crippen LogP contribution is -2.07. The minimum atomic E-state index is 0.910. The van der Waals surface area contributed by atoms with E-state index < -0.39 is 0 Å². The zero-order valence-electron chi connectivity index (χ0n) is 10.1. The number of hydrogen-bond donors (Lipinski definition) is 0. The van der Waals surface area contributed by atoms with Gasteiger partial charge in [0.15, 0.2) is 0 Å². The van der Waals surface area contributed by atoms with Crippen LogP contribution in [0.25, 0.3) is 6.08 Å². The molecule has 1 heterocycles. The molecule has 0 fully saturated rings.